The molecule has 5 nitrogen and oxygen atoms in total. The molecule has 2 N–H and O–H groups in total. The van der Waals surface area contributed by atoms with Crippen molar-refractivity contribution in [2.24, 2.45) is 0 Å². The second kappa shape index (κ2) is 9.45. The lowest BCUT2D eigenvalue weighted by Gasteiger charge is -2.14. The van der Waals surface area contributed by atoms with Crippen LogP contribution in [-0.2, 0) is 11.3 Å². The number of amides is 1. The van der Waals surface area contributed by atoms with Crippen molar-refractivity contribution >= 4 is 45.0 Å². The Bertz CT molecular complexity index is 1190. The number of halogens is 1. The quantitative estimate of drug-likeness (QED) is 0.468. The number of benzene rings is 3. The molecule has 6 heteroatoms. The van der Waals surface area contributed by atoms with Crippen molar-refractivity contribution in [2.75, 3.05) is 5.32 Å². The van der Waals surface area contributed by atoms with Gasteiger partial charge in [0.2, 0.25) is 0 Å². The van der Waals surface area contributed by atoms with E-state index >= 15 is 0 Å². The molecule has 1 unspecified atom stereocenters. The highest BCUT2D eigenvalue weighted by Gasteiger charge is 2.19. The van der Waals surface area contributed by atoms with E-state index in [9.17, 15) is 9.90 Å². The molecule has 3 aromatic carbocycles. The number of hydrogen-bond acceptors (Lipinski definition) is 3. The van der Waals surface area contributed by atoms with Crippen LogP contribution in [-0.4, -0.2) is 21.7 Å². The van der Waals surface area contributed by atoms with Gasteiger partial charge in [-0.25, -0.2) is 0 Å². The number of anilines is 1. The number of carbonyl (C=O) groups is 1. The SMILES string of the molecule is CC.N#Cc1ccc(NC(=O)C(O)Cn2c3ccccc3c3ccccc32)cc1Cl. The zero-order valence-electron chi connectivity index (χ0n) is 16.8. The molecule has 1 aromatic heterocycles. The van der Waals surface area contributed by atoms with E-state index < -0.39 is 12.0 Å². The molecule has 0 aliphatic heterocycles. The van der Waals surface area contributed by atoms with Crippen LogP contribution in [0.1, 0.15) is 19.4 Å². The second-order valence-electron chi connectivity index (χ2n) is 6.46. The number of nitrogens with one attached hydrogen (secondary N) is 1. The van der Waals surface area contributed by atoms with Gasteiger partial charge in [0.25, 0.3) is 5.91 Å². The second-order valence-corrected chi connectivity index (χ2v) is 6.86. The van der Waals surface area contributed by atoms with E-state index in [0.29, 0.717) is 11.3 Å². The number of carbonyl (C=O) groups excluding carboxylic acids is 1. The van der Waals surface area contributed by atoms with Crippen LogP contribution in [0.3, 0.4) is 0 Å². The van der Waals surface area contributed by atoms with Crippen LogP contribution in [0.15, 0.2) is 66.7 Å². The number of hydrogen-bond donors (Lipinski definition) is 2. The number of nitriles is 1. The summed E-state index contributed by atoms with van der Waals surface area (Å²) in [6.45, 7) is 4.11. The average Bonchev–Trinajstić information content (AvgIpc) is 3.09. The fourth-order valence-electron chi connectivity index (χ4n) is 3.36. The Balaban J connectivity index is 0.00000124. The number of rotatable bonds is 4. The van der Waals surface area contributed by atoms with Gasteiger partial charge in [0.1, 0.15) is 6.07 Å². The maximum atomic E-state index is 12.5. The Morgan fingerprint density at radius 1 is 1.07 bits per heavy atom. The van der Waals surface area contributed by atoms with Gasteiger partial charge >= 0.3 is 0 Å². The Hall–Kier alpha value is -3.33. The molecule has 152 valence electrons. The maximum absolute atomic E-state index is 12.5. The Labute approximate surface area is 180 Å². The highest BCUT2D eigenvalue weighted by Crippen LogP contribution is 2.29. The van der Waals surface area contributed by atoms with Gasteiger partial charge in [0, 0.05) is 27.5 Å². The molecule has 0 aliphatic rings. The molecule has 30 heavy (non-hydrogen) atoms. The average molecular weight is 420 g/mol. The number of aliphatic hydroxyl groups excluding tert-OH is 1. The van der Waals surface area contributed by atoms with E-state index in [2.05, 4.69) is 5.32 Å². The summed E-state index contributed by atoms with van der Waals surface area (Å²) >= 11 is 6.00. The molecule has 0 spiro atoms. The number of aromatic nitrogens is 1. The van der Waals surface area contributed by atoms with Gasteiger partial charge in [-0.3, -0.25) is 4.79 Å². The predicted octanol–water partition coefficient (Wildman–Crippen LogP) is 5.35. The molecular formula is C24H22ClN3O2. The lowest BCUT2D eigenvalue weighted by Crippen LogP contribution is -2.31. The molecule has 0 bridgehead atoms. The monoisotopic (exact) mass is 419 g/mol. The van der Waals surface area contributed by atoms with Crippen LogP contribution in [0.5, 0.6) is 0 Å². The summed E-state index contributed by atoms with van der Waals surface area (Å²) < 4.78 is 1.95. The molecule has 0 fully saturated rings. The molecule has 1 heterocycles. The van der Waals surface area contributed by atoms with Gasteiger partial charge in [0.05, 0.1) is 17.1 Å². The van der Waals surface area contributed by atoms with E-state index in [1.807, 2.05) is 73.0 Å². The lowest BCUT2D eigenvalue weighted by molar-refractivity contribution is -0.124. The first-order valence-corrected chi connectivity index (χ1v) is 10.1. The fourth-order valence-corrected chi connectivity index (χ4v) is 3.59. The summed E-state index contributed by atoms with van der Waals surface area (Å²) in [6, 6.07) is 22.4. The highest BCUT2D eigenvalue weighted by atomic mass is 35.5. The minimum Gasteiger partial charge on any atom is -0.381 e. The summed E-state index contributed by atoms with van der Waals surface area (Å²) in [5, 5.41) is 24.5. The highest BCUT2D eigenvalue weighted by molar-refractivity contribution is 6.32. The molecule has 1 atom stereocenters. The summed E-state index contributed by atoms with van der Waals surface area (Å²) in [4.78, 5) is 12.5. The van der Waals surface area contributed by atoms with Crippen LogP contribution in [0.4, 0.5) is 5.69 Å². The molecule has 0 aliphatic carbocycles. The van der Waals surface area contributed by atoms with Crippen LogP contribution in [0.25, 0.3) is 21.8 Å². The van der Waals surface area contributed by atoms with Gasteiger partial charge < -0.3 is 15.0 Å². The summed E-state index contributed by atoms with van der Waals surface area (Å²) in [5.41, 5.74) is 2.66. The Morgan fingerprint density at radius 3 is 2.17 bits per heavy atom. The molecule has 4 aromatic rings. The number of fused-ring (bicyclic) bond motifs is 3. The smallest absolute Gasteiger partial charge is 0.255 e. The van der Waals surface area contributed by atoms with Crippen LogP contribution < -0.4 is 5.32 Å². The van der Waals surface area contributed by atoms with Crippen LogP contribution in [0, 0.1) is 11.3 Å². The van der Waals surface area contributed by atoms with E-state index in [0.717, 1.165) is 21.8 Å². The number of aliphatic hydroxyl groups is 1. The zero-order valence-corrected chi connectivity index (χ0v) is 17.5. The Kier molecular flexibility index (Phi) is 6.73. The van der Waals surface area contributed by atoms with Gasteiger partial charge in [-0.2, -0.15) is 5.26 Å². The standard InChI is InChI=1S/C22H16ClN3O2.C2H6/c23-18-11-15(10-9-14(18)12-24)25-22(28)21(27)13-26-19-7-3-1-5-16(19)17-6-2-4-8-20(17)26;1-2/h1-11,21,27H,13H2,(H,25,28);1-2H3. The first-order chi connectivity index (χ1) is 14.6. The molecule has 0 radical (unpaired) electrons. The fraction of sp³-hybridized carbons (Fsp3) is 0.167. The van der Waals surface area contributed by atoms with Crippen molar-refractivity contribution in [1.82, 2.24) is 4.57 Å². The number of para-hydroxylation sites is 2. The van der Waals surface area contributed by atoms with Crippen molar-refractivity contribution in [2.45, 2.75) is 26.5 Å². The summed E-state index contributed by atoms with van der Waals surface area (Å²) in [7, 11) is 0. The van der Waals surface area contributed by atoms with E-state index in [1.54, 1.807) is 6.07 Å². The molecule has 1 amide bonds. The first kappa shape index (κ1) is 21.4. The third-order valence-electron chi connectivity index (χ3n) is 4.70. The minimum absolute atomic E-state index is 0.115. The predicted molar refractivity (Wildman–Crippen MR) is 122 cm³/mol. The topological polar surface area (TPSA) is 78.1 Å². The lowest BCUT2D eigenvalue weighted by atomic mass is 10.2. The van der Waals surface area contributed by atoms with E-state index in [-0.39, 0.29) is 11.6 Å². The third kappa shape index (κ3) is 4.16. The molecule has 4 rings (SSSR count). The normalized spacial score (nSPS) is 11.4. The van der Waals surface area contributed by atoms with E-state index in [4.69, 9.17) is 16.9 Å². The van der Waals surface area contributed by atoms with Crippen molar-refractivity contribution < 1.29 is 9.90 Å². The first-order valence-electron chi connectivity index (χ1n) is 9.73. The van der Waals surface area contributed by atoms with Crippen molar-refractivity contribution in [1.29, 1.82) is 5.26 Å². The van der Waals surface area contributed by atoms with Crippen LogP contribution >= 0.6 is 11.6 Å². The summed E-state index contributed by atoms with van der Waals surface area (Å²) in [5.74, 6) is -0.539. The molecule has 0 saturated heterocycles. The summed E-state index contributed by atoms with van der Waals surface area (Å²) in [6.07, 6.45) is -1.26. The van der Waals surface area contributed by atoms with Crippen molar-refractivity contribution in [3.63, 3.8) is 0 Å². The van der Waals surface area contributed by atoms with E-state index in [1.165, 1.54) is 12.1 Å². The van der Waals surface area contributed by atoms with Crippen molar-refractivity contribution in [3.8, 4) is 6.07 Å². The zero-order chi connectivity index (χ0) is 21.7. The van der Waals surface area contributed by atoms with Crippen molar-refractivity contribution in [3.05, 3.63) is 77.3 Å². The number of nitrogens with zero attached hydrogens (tertiary/aromatic N) is 2. The van der Waals surface area contributed by atoms with Gasteiger partial charge in [-0.1, -0.05) is 61.8 Å². The van der Waals surface area contributed by atoms with Gasteiger partial charge in [0.15, 0.2) is 6.10 Å². The Morgan fingerprint density at radius 2 is 1.63 bits per heavy atom. The van der Waals surface area contributed by atoms with Gasteiger partial charge in [-0.15, -0.1) is 0 Å². The minimum atomic E-state index is -1.26. The largest absolute Gasteiger partial charge is 0.381 e. The molecular weight excluding hydrogens is 398 g/mol. The maximum Gasteiger partial charge on any atom is 0.255 e. The third-order valence-corrected chi connectivity index (χ3v) is 5.01. The molecule has 0 saturated carbocycles. The van der Waals surface area contributed by atoms with Crippen LogP contribution in [0.2, 0.25) is 5.02 Å². The van der Waals surface area contributed by atoms with Gasteiger partial charge in [-0.05, 0) is 30.3 Å².